The molecule has 3 nitrogen and oxygen atoms in total. The van der Waals surface area contributed by atoms with Gasteiger partial charge in [0.2, 0.25) is 5.91 Å². The zero-order valence-corrected chi connectivity index (χ0v) is 12.2. The summed E-state index contributed by atoms with van der Waals surface area (Å²) < 4.78 is 0. The number of carbonyl (C=O) groups is 1. The smallest absolute Gasteiger partial charge is 0.222 e. The largest absolute Gasteiger partial charge is 0.342 e. The van der Waals surface area contributed by atoms with Gasteiger partial charge in [0.05, 0.1) is 12.5 Å². The predicted molar refractivity (Wildman–Crippen MR) is 76.7 cm³/mol. The van der Waals surface area contributed by atoms with E-state index in [4.69, 9.17) is 5.26 Å². The Morgan fingerprint density at radius 1 is 1.42 bits per heavy atom. The van der Waals surface area contributed by atoms with Gasteiger partial charge in [-0.25, -0.2) is 0 Å². The lowest BCUT2D eigenvalue weighted by atomic mass is 10.0. The summed E-state index contributed by atoms with van der Waals surface area (Å²) in [6.07, 6.45) is 1.64. The summed E-state index contributed by atoms with van der Waals surface area (Å²) in [5.41, 5.74) is 3.70. The van der Waals surface area contributed by atoms with E-state index in [2.05, 4.69) is 38.1 Å². The second-order valence-electron chi connectivity index (χ2n) is 5.15. The van der Waals surface area contributed by atoms with Gasteiger partial charge in [-0.15, -0.1) is 0 Å². The zero-order chi connectivity index (χ0) is 14.4. The SMILES string of the molecule is Cc1ccc(CCC(=O)N(C)[C@@H](C)CC#N)c(C)c1. The summed E-state index contributed by atoms with van der Waals surface area (Å²) in [5, 5.41) is 8.65. The highest BCUT2D eigenvalue weighted by Crippen LogP contribution is 2.13. The lowest BCUT2D eigenvalue weighted by Gasteiger charge is -2.23. The van der Waals surface area contributed by atoms with E-state index in [1.54, 1.807) is 11.9 Å². The van der Waals surface area contributed by atoms with Gasteiger partial charge in [0.1, 0.15) is 0 Å². The van der Waals surface area contributed by atoms with Gasteiger partial charge in [0.15, 0.2) is 0 Å². The summed E-state index contributed by atoms with van der Waals surface area (Å²) in [4.78, 5) is 13.7. The number of hydrogen-bond donors (Lipinski definition) is 0. The second-order valence-corrected chi connectivity index (χ2v) is 5.15. The first-order valence-corrected chi connectivity index (χ1v) is 6.64. The van der Waals surface area contributed by atoms with E-state index >= 15 is 0 Å². The van der Waals surface area contributed by atoms with Crippen molar-refractivity contribution in [2.75, 3.05) is 7.05 Å². The molecule has 19 heavy (non-hydrogen) atoms. The van der Waals surface area contributed by atoms with Crippen LogP contribution in [0.3, 0.4) is 0 Å². The molecule has 0 saturated carbocycles. The highest BCUT2D eigenvalue weighted by atomic mass is 16.2. The Bertz CT molecular complexity index is 488. The van der Waals surface area contributed by atoms with Crippen LogP contribution >= 0.6 is 0 Å². The summed E-state index contributed by atoms with van der Waals surface area (Å²) in [6, 6.07) is 8.39. The van der Waals surface area contributed by atoms with Gasteiger partial charge in [0.25, 0.3) is 0 Å². The third-order valence-electron chi connectivity index (χ3n) is 3.55. The number of rotatable bonds is 5. The van der Waals surface area contributed by atoms with Gasteiger partial charge in [-0.3, -0.25) is 4.79 Å². The Kier molecular flexibility index (Phi) is 5.57. The number of nitriles is 1. The maximum absolute atomic E-state index is 12.0. The van der Waals surface area contributed by atoms with E-state index in [-0.39, 0.29) is 11.9 Å². The topological polar surface area (TPSA) is 44.1 Å². The van der Waals surface area contributed by atoms with Crippen LogP contribution in [0, 0.1) is 25.2 Å². The molecular weight excluding hydrogens is 236 g/mol. The Balaban J connectivity index is 2.57. The predicted octanol–water partition coefficient (Wildman–Crippen LogP) is 3.00. The molecular formula is C16H22N2O. The minimum absolute atomic E-state index is 0.0170. The van der Waals surface area contributed by atoms with E-state index < -0.39 is 0 Å². The van der Waals surface area contributed by atoms with Crippen LogP contribution in [0.5, 0.6) is 0 Å². The monoisotopic (exact) mass is 258 g/mol. The fourth-order valence-electron chi connectivity index (χ4n) is 2.06. The van der Waals surface area contributed by atoms with Crippen LogP contribution < -0.4 is 0 Å². The van der Waals surface area contributed by atoms with Crippen molar-refractivity contribution in [2.45, 2.75) is 46.1 Å². The summed E-state index contributed by atoms with van der Waals surface area (Å²) in [7, 11) is 1.77. The van der Waals surface area contributed by atoms with E-state index in [0.717, 1.165) is 6.42 Å². The number of hydrogen-bond acceptors (Lipinski definition) is 2. The van der Waals surface area contributed by atoms with Crippen LogP contribution in [0.15, 0.2) is 18.2 Å². The van der Waals surface area contributed by atoms with Gasteiger partial charge in [-0.2, -0.15) is 5.26 Å². The molecule has 3 heteroatoms. The van der Waals surface area contributed by atoms with Gasteiger partial charge in [-0.1, -0.05) is 23.8 Å². The summed E-state index contributed by atoms with van der Waals surface area (Å²) in [6.45, 7) is 6.05. The minimum Gasteiger partial charge on any atom is -0.342 e. The maximum Gasteiger partial charge on any atom is 0.222 e. The third-order valence-corrected chi connectivity index (χ3v) is 3.55. The maximum atomic E-state index is 12.0. The first-order chi connectivity index (χ1) is 8.95. The minimum atomic E-state index is -0.0170. The molecule has 1 rings (SSSR count). The summed E-state index contributed by atoms with van der Waals surface area (Å²) >= 11 is 0. The standard InChI is InChI=1S/C16H22N2O/c1-12-5-6-15(13(2)11-12)7-8-16(19)18(4)14(3)9-10-17/h5-6,11,14H,7-9H2,1-4H3/t14-/m0/s1. The molecule has 1 atom stereocenters. The van der Waals surface area contributed by atoms with Crippen LogP contribution in [-0.2, 0) is 11.2 Å². The molecule has 1 aromatic rings. The van der Waals surface area contributed by atoms with Gasteiger partial charge >= 0.3 is 0 Å². The molecule has 0 aliphatic rings. The van der Waals surface area contributed by atoms with Gasteiger partial charge in [-0.05, 0) is 38.3 Å². The molecule has 0 unspecified atom stereocenters. The Morgan fingerprint density at radius 3 is 2.68 bits per heavy atom. The second kappa shape index (κ2) is 6.94. The molecule has 102 valence electrons. The number of aryl methyl sites for hydroxylation is 3. The number of benzene rings is 1. The average molecular weight is 258 g/mol. The van der Waals surface area contributed by atoms with Crippen molar-refractivity contribution in [3.8, 4) is 6.07 Å². The van der Waals surface area contributed by atoms with Gasteiger partial charge in [0, 0.05) is 19.5 Å². The van der Waals surface area contributed by atoms with Crippen molar-refractivity contribution in [3.63, 3.8) is 0 Å². The van der Waals surface area contributed by atoms with Crippen LogP contribution in [0.25, 0.3) is 0 Å². The van der Waals surface area contributed by atoms with Crippen molar-refractivity contribution in [2.24, 2.45) is 0 Å². The Hall–Kier alpha value is -1.82. The molecule has 0 bridgehead atoms. The molecule has 0 aromatic heterocycles. The van der Waals surface area contributed by atoms with Crippen molar-refractivity contribution >= 4 is 5.91 Å². The van der Waals surface area contributed by atoms with Crippen LogP contribution in [-0.4, -0.2) is 23.9 Å². The molecule has 0 spiro atoms. The Labute approximate surface area is 115 Å². The van der Waals surface area contributed by atoms with E-state index in [0.29, 0.717) is 12.8 Å². The first kappa shape index (κ1) is 15.2. The first-order valence-electron chi connectivity index (χ1n) is 6.64. The van der Waals surface area contributed by atoms with Crippen LogP contribution in [0.1, 0.15) is 36.5 Å². The fourth-order valence-corrected chi connectivity index (χ4v) is 2.06. The third kappa shape index (κ3) is 4.40. The van der Waals surface area contributed by atoms with Crippen LogP contribution in [0.2, 0.25) is 0 Å². The quantitative estimate of drug-likeness (QED) is 0.815. The summed E-state index contributed by atoms with van der Waals surface area (Å²) in [5.74, 6) is 0.0997. The van der Waals surface area contributed by atoms with Crippen LogP contribution in [0.4, 0.5) is 0 Å². The highest BCUT2D eigenvalue weighted by Gasteiger charge is 2.15. The number of nitrogens with zero attached hydrogens (tertiary/aromatic N) is 2. The molecule has 0 saturated heterocycles. The molecule has 0 N–H and O–H groups in total. The van der Waals surface area contributed by atoms with Crippen molar-refractivity contribution in [1.29, 1.82) is 5.26 Å². The Morgan fingerprint density at radius 2 is 2.11 bits per heavy atom. The lowest BCUT2D eigenvalue weighted by Crippen LogP contribution is -2.34. The molecule has 0 aliphatic carbocycles. The molecule has 1 aromatic carbocycles. The molecule has 0 fully saturated rings. The molecule has 0 heterocycles. The lowest BCUT2D eigenvalue weighted by molar-refractivity contribution is -0.131. The van der Waals surface area contributed by atoms with E-state index in [1.165, 1.54) is 16.7 Å². The fraction of sp³-hybridized carbons (Fsp3) is 0.500. The number of carbonyl (C=O) groups excluding carboxylic acids is 1. The van der Waals surface area contributed by atoms with E-state index in [9.17, 15) is 4.79 Å². The van der Waals surface area contributed by atoms with Crippen molar-refractivity contribution < 1.29 is 4.79 Å². The normalized spacial score (nSPS) is 11.7. The van der Waals surface area contributed by atoms with Gasteiger partial charge < -0.3 is 4.90 Å². The van der Waals surface area contributed by atoms with Crippen molar-refractivity contribution in [1.82, 2.24) is 4.90 Å². The molecule has 0 radical (unpaired) electrons. The van der Waals surface area contributed by atoms with E-state index in [1.807, 2.05) is 6.92 Å². The highest BCUT2D eigenvalue weighted by molar-refractivity contribution is 5.76. The average Bonchev–Trinajstić information content (AvgIpc) is 2.36. The number of amides is 1. The zero-order valence-electron chi connectivity index (χ0n) is 12.2. The molecule has 1 amide bonds. The van der Waals surface area contributed by atoms with Crippen molar-refractivity contribution in [3.05, 3.63) is 34.9 Å². The molecule has 0 aliphatic heterocycles.